The Balaban J connectivity index is 3.02. The van der Waals surface area contributed by atoms with Crippen molar-refractivity contribution in [2.45, 2.75) is 84.5 Å². The van der Waals surface area contributed by atoms with Crippen molar-refractivity contribution in [3.8, 4) is 0 Å². The molecule has 0 aromatic rings. The number of unbranched alkanes of at least 4 members (excludes halogenated alkanes) is 9. The summed E-state index contributed by atoms with van der Waals surface area (Å²) in [4.78, 5) is 2.49. The van der Waals surface area contributed by atoms with Crippen LogP contribution in [0.5, 0.6) is 0 Å². The highest BCUT2D eigenvalue weighted by atomic mass is 15.1. The Morgan fingerprint density at radius 1 is 0.529 bits per heavy atom. The number of hydrogen-bond donors (Lipinski definition) is 0. The van der Waals surface area contributed by atoms with E-state index in [9.17, 15) is 0 Å². The van der Waals surface area contributed by atoms with Gasteiger partial charge in [0.05, 0.1) is 0 Å². The Kier molecular flexibility index (Phi) is 14.0. The van der Waals surface area contributed by atoms with Gasteiger partial charge in [-0.05, 0) is 33.0 Å². The summed E-state index contributed by atoms with van der Waals surface area (Å²) in [5.41, 5.74) is 0. The summed E-state index contributed by atoms with van der Waals surface area (Å²) >= 11 is 0. The molecule has 0 fully saturated rings. The summed E-state index contributed by atoms with van der Waals surface area (Å²) < 4.78 is 0. The fourth-order valence-electron chi connectivity index (χ4n) is 2.23. The SMILES string of the molecule is CCCCCCCCCCCN(C)CCCC. The zero-order chi connectivity index (χ0) is 12.8. The highest BCUT2D eigenvalue weighted by Crippen LogP contribution is 2.09. The molecule has 0 spiro atoms. The van der Waals surface area contributed by atoms with E-state index in [4.69, 9.17) is 0 Å². The van der Waals surface area contributed by atoms with Gasteiger partial charge in [-0.3, -0.25) is 0 Å². The number of hydrogen-bond acceptors (Lipinski definition) is 1. The largest absolute Gasteiger partial charge is 0.306 e. The van der Waals surface area contributed by atoms with Crippen LogP contribution < -0.4 is 0 Å². The lowest BCUT2D eigenvalue weighted by atomic mass is 10.1. The second-order valence-corrected chi connectivity index (χ2v) is 5.49. The molecule has 1 heteroatoms. The zero-order valence-corrected chi connectivity index (χ0v) is 12.6. The summed E-state index contributed by atoms with van der Waals surface area (Å²) in [5, 5.41) is 0. The molecule has 0 aliphatic heterocycles. The maximum atomic E-state index is 2.49. The minimum Gasteiger partial charge on any atom is -0.306 e. The molecule has 17 heavy (non-hydrogen) atoms. The Hall–Kier alpha value is -0.0400. The quantitative estimate of drug-likeness (QED) is 0.398. The van der Waals surface area contributed by atoms with Gasteiger partial charge in [0.15, 0.2) is 0 Å². The normalized spacial score (nSPS) is 11.3. The van der Waals surface area contributed by atoms with E-state index in [-0.39, 0.29) is 0 Å². The van der Waals surface area contributed by atoms with Gasteiger partial charge in [0.25, 0.3) is 0 Å². The molecule has 0 aromatic heterocycles. The van der Waals surface area contributed by atoms with E-state index in [1.165, 1.54) is 83.7 Å². The van der Waals surface area contributed by atoms with Crippen molar-refractivity contribution in [3.63, 3.8) is 0 Å². The third kappa shape index (κ3) is 13.9. The lowest BCUT2D eigenvalue weighted by Gasteiger charge is -2.15. The van der Waals surface area contributed by atoms with Gasteiger partial charge in [-0.2, -0.15) is 0 Å². The molecule has 0 aliphatic carbocycles. The molecule has 1 nitrogen and oxygen atoms in total. The molecule has 104 valence electrons. The highest BCUT2D eigenvalue weighted by Gasteiger charge is 1.97. The summed E-state index contributed by atoms with van der Waals surface area (Å²) in [5.74, 6) is 0. The Labute approximate surface area is 110 Å². The molecule has 0 atom stereocenters. The van der Waals surface area contributed by atoms with Gasteiger partial charge in [0.1, 0.15) is 0 Å². The van der Waals surface area contributed by atoms with Gasteiger partial charge in [0, 0.05) is 0 Å². The number of rotatable bonds is 13. The maximum Gasteiger partial charge on any atom is -0.00218 e. The van der Waals surface area contributed by atoms with Gasteiger partial charge in [-0.15, -0.1) is 0 Å². The first kappa shape index (κ1) is 17.0. The predicted molar refractivity (Wildman–Crippen MR) is 79.6 cm³/mol. The molecule has 0 saturated heterocycles. The lowest BCUT2D eigenvalue weighted by Crippen LogP contribution is -2.20. The fraction of sp³-hybridized carbons (Fsp3) is 1.00. The molecule has 0 aliphatic rings. The van der Waals surface area contributed by atoms with E-state index in [1.807, 2.05) is 0 Å². The second kappa shape index (κ2) is 14.0. The van der Waals surface area contributed by atoms with Gasteiger partial charge in [0.2, 0.25) is 0 Å². The van der Waals surface area contributed by atoms with Gasteiger partial charge >= 0.3 is 0 Å². The smallest absolute Gasteiger partial charge is 0.00218 e. The summed E-state index contributed by atoms with van der Waals surface area (Å²) in [7, 11) is 2.26. The van der Waals surface area contributed by atoms with E-state index in [0.29, 0.717) is 0 Å². The maximum absolute atomic E-state index is 2.49. The van der Waals surface area contributed by atoms with Gasteiger partial charge < -0.3 is 4.90 Å². The van der Waals surface area contributed by atoms with Crippen molar-refractivity contribution in [3.05, 3.63) is 0 Å². The van der Waals surface area contributed by atoms with Crippen LogP contribution in [-0.4, -0.2) is 25.0 Å². The molecule has 0 aromatic carbocycles. The minimum atomic E-state index is 1.29. The van der Waals surface area contributed by atoms with E-state index in [1.54, 1.807) is 0 Å². The van der Waals surface area contributed by atoms with Crippen LogP contribution in [0.15, 0.2) is 0 Å². The third-order valence-electron chi connectivity index (χ3n) is 3.54. The Morgan fingerprint density at radius 2 is 0.941 bits per heavy atom. The molecular formula is C16H35N. The van der Waals surface area contributed by atoms with Crippen LogP contribution in [0, 0.1) is 0 Å². The van der Waals surface area contributed by atoms with Gasteiger partial charge in [-0.1, -0.05) is 71.6 Å². The van der Waals surface area contributed by atoms with Crippen molar-refractivity contribution < 1.29 is 0 Å². The van der Waals surface area contributed by atoms with Crippen LogP contribution in [0.1, 0.15) is 84.5 Å². The first-order chi connectivity index (χ1) is 8.31. The zero-order valence-electron chi connectivity index (χ0n) is 12.6. The molecule has 0 heterocycles. The highest BCUT2D eigenvalue weighted by molar-refractivity contribution is 4.53. The standard InChI is InChI=1S/C16H35N/c1-4-6-8-9-10-11-12-13-14-16-17(3)15-7-5-2/h4-16H2,1-3H3. The van der Waals surface area contributed by atoms with Crippen LogP contribution in [-0.2, 0) is 0 Å². The molecule has 0 bridgehead atoms. The molecule has 0 unspecified atom stereocenters. The molecule has 0 rings (SSSR count). The molecule has 0 radical (unpaired) electrons. The van der Waals surface area contributed by atoms with E-state index in [2.05, 4.69) is 25.8 Å². The average molecular weight is 241 g/mol. The van der Waals surface area contributed by atoms with Crippen LogP contribution >= 0.6 is 0 Å². The second-order valence-electron chi connectivity index (χ2n) is 5.49. The van der Waals surface area contributed by atoms with Crippen LogP contribution in [0.4, 0.5) is 0 Å². The van der Waals surface area contributed by atoms with Crippen molar-refractivity contribution >= 4 is 0 Å². The van der Waals surface area contributed by atoms with Crippen molar-refractivity contribution in [1.82, 2.24) is 4.90 Å². The fourth-order valence-corrected chi connectivity index (χ4v) is 2.23. The first-order valence-corrected chi connectivity index (χ1v) is 7.99. The summed E-state index contributed by atoms with van der Waals surface area (Å²) in [6.45, 7) is 7.14. The van der Waals surface area contributed by atoms with Gasteiger partial charge in [-0.25, -0.2) is 0 Å². The minimum absolute atomic E-state index is 1.29. The number of nitrogens with zero attached hydrogens (tertiary/aromatic N) is 1. The van der Waals surface area contributed by atoms with E-state index in [0.717, 1.165) is 0 Å². The van der Waals surface area contributed by atoms with E-state index >= 15 is 0 Å². The van der Waals surface area contributed by atoms with Crippen molar-refractivity contribution in [1.29, 1.82) is 0 Å². The van der Waals surface area contributed by atoms with Crippen LogP contribution in [0.2, 0.25) is 0 Å². The Bertz CT molecular complexity index is 133. The molecule has 0 saturated carbocycles. The predicted octanol–water partition coefficient (Wildman–Crippen LogP) is 5.25. The average Bonchev–Trinajstić information content (AvgIpc) is 2.34. The summed E-state index contributed by atoms with van der Waals surface area (Å²) in [6, 6.07) is 0. The topological polar surface area (TPSA) is 3.24 Å². The third-order valence-corrected chi connectivity index (χ3v) is 3.54. The van der Waals surface area contributed by atoms with Crippen molar-refractivity contribution in [2.24, 2.45) is 0 Å². The lowest BCUT2D eigenvalue weighted by molar-refractivity contribution is 0.318. The molecule has 0 amide bonds. The molecule has 0 N–H and O–H groups in total. The van der Waals surface area contributed by atoms with E-state index < -0.39 is 0 Å². The summed E-state index contributed by atoms with van der Waals surface area (Å²) in [6.07, 6.45) is 15.6. The van der Waals surface area contributed by atoms with Crippen molar-refractivity contribution in [2.75, 3.05) is 20.1 Å². The van der Waals surface area contributed by atoms with Crippen LogP contribution in [0.3, 0.4) is 0 Å². The Morgan fingerprint density at radius 3 is 1.47 bits per heavy atom. The monoisotopic (exact) mass is 241 g/mol. The molecular weight excluding hydrogens is 206 g/mol. The first-order valence-electron chi connectivity index (χ1n) is 7.99. The van der Waals surface area contributed by atoms with Crippen LogP contribution in [0.25, 0.3) is 0 Å².